The minimum atomic E-state index is -2.41. The summed E-state index contributed by atoms with van der Waals surface area (Å²) in [6.07, 6.45) is -1.17. The summed E-state index contributed by atoms with van der Waals surface area (Å²) in [4.78, 5) is 26.0. The molecule has 0 spiro atoms. The number of hydrogen-bond acceptors (Lipinski definition) is 33. The average Bonchev–Trinajstić information content (AvgIpc) is 0.946. The molecular weight excluding hydrogens is 1480 g/mol. The van der Waals surface area contributed by atoms with Crippen molar-refractivity contribution < 1.29 is 149 Å². The topological polar surface area (TPSA) is 483 Å². The van der Waals surface area contributed by atoms with Gasteiger partial charge >= 0.3 is 5.97 Å². The molecule has 0 unspecified atom stereocenters. The lowest BCUT2D eigenvalue weighted by Crippen LogP contribution is -2.59. The highest BCUT2D eigenvalue weighted by Gasteiger charge is 2.39. The number of carbonyl (C=O) groups is 2. The number of ether oxygens (including phenoxy) is 15. The molecule has 6 rings (SSSR count). The van der Waals surface area contributed by atoms with Gasteiger partial charge in [0.2, 0.25) is 40.7 Å². The van der Waals surface area contributed by atoms with E-state index >= 15 is 0 Å². The van der Waals surface area contributed by atoms with Crippen LogP contribution in [0.3, 0.4) is 0 Å². The number of nitrogens with two attached hydrogens (primary N) is 2. The van der Waals surface area contributed by atoms with Gasteiger partial charge in [-0.25, -0.2) is 28.4 Å². The van der Waals surface area contributed by atoms with Gasteiger partial charge in [-0.3, -0.25) is 9.59 Å². The summed E-state index contributed by atoms with van der Waals surface area (Å²) in [6, 6.07) is 0. The van der Waals surface area contributed by atoms with E-state index in [4.69, 9.17) is 77.9 Å². The number of benzene rings is 1. The maximum atomic E-state index is 14.0. The predicted octanol–water partition coefficient (Wildman–Crippen LogP) is -2.33. The minimum absolute atomic E-state index is 0.0527. The molecule has 1 amide bonds. The number of nitrogens with zero attached hydrogens (tertiary/aromatic N) is 7. The van der Waals surface area contributed by atoms with Crippen LogP contribution in [0.5, 0.6) is 5.75 Å². The molecule has 3 saturated carbocycles. The number of halogens is 5. The van der Waals surface area contributed by atoms with Crippen LogP contribution in [0.1, 0.15) is 69.2 Å². The van der Waals surface area contributed by atoms with Crippen molar-refractivity contribution in [1.29, 1.82) is 0 Å². The van der Waals surface area contributed by atoms with Crippen molar-refractivity contribution in [1.82, 2.24) is 40.3 Å². The van der Waals surface area contributed by atoms with Crippen molar-refractivity contribution in [2.75, 3.05) is 192 Å². The number of hydrazine groups is 1. The first-order valence-corrected chi connectivity index (χ1v) is 37.0. The molecule has 2 aromatic heterocycles. The lowest BCUT2D eigenvalue weighted by molar-refractivity contribution is -0.136. The first kappa shape index (κ1) is 93.3. The normalized spacial score (nSPS) is 22.6. The maximum absolute atomic E-state index is 14.0. The van der Waals surface area contributed by atoms with Crippen LogP contribution in [0.15, 0.2) is 24.3 Å². The van der Waals surface area contributed by atoms with Gasteiger partial charge in [-0.05, 0) is 19.3 Å². The monoisotopic (exact) mass is 1590 g/mol. The molecule has 630 valence electrons. The Morgan fingerprint density at radius 2 is 0.800 bits per heavy atom. The van der Waals surface area contributed by atoms with E-state index in [2.05, 4.69) is 30.7 Å². The molecule has 3 fully saturated rings. The highest BCUT2D eigenvalue weighted by atomic mass is 19.2. The van der Waals surface area contributed by atoms with Crippen molar-refractivity contribution in [3.05, 3.63) is 64.8 Å². The van der Waals surface area contributed by atoms with Crippen molar-refractivity contribution in [2.24, 2.45) is 29.3 Å². The molecule has 0 saturated heterocycles. The van der Waals surface area contributed by atoms with E-state index in [0.29, 0.717) is 95.1 Å². The number of rotatable bonds is 60. The number of carbonyl (C=O) groups excluding carboxylic acids is 2. The van der Waals surface area contributed by atoms with Crippen molar-refractivity contribution in [3.8, 4) is 5.75 Å². The Morgan fingerprint density at radius 1 is 0.455 bits per heavy atom. The van der Waals surface area contributed by atoms with Crippen LogP contribution in [0.25, 0.3) is 0 Å². The summed E-state index contributed by atoms with van der Waals surface area (Å²) in [5.74, 6) is -10.3. The lowest BCUT2D eigenvalue weighted by atomic mass is 9.83. The van der Waals surface area contributed by atoms with E-state index in [0.717, 1.165) is 0 Å². The highest BCUT2D eigenvalue weighted by molar-refractivity contribution is 5.77. The van der Waals surface area contributed by atoms with Crippen molar-refractivity contribution in [3.63, 3.8) is 0 Å². The summed E-state index contributed by atoms with van der Waals surface area (Å²) in [7, 11) is 0. The van der Waals surface area contributed by atoms with Gasteiger partial charge in [-0.15, -0.1) is 10.2 Å². The quantitative estimate of drug-likeness (QED) is 0.00412. The zero-order valence-corrected chi connectivity index (χ0v) is 62.0. The number of aromatic nitrogens is 6. The van der Waals surface area contributed by atoms with E-state index in [-0.39, 0.29) is 203 Å². The van der Waals surface area contributed by atoms with E-state index in [1.807, 2.05) is 0 Å². The van der Waals surface area contributed by atoms with E-state index in [9.17, 15) is 77.5 Å². The van der Waals surface area contributed by atoms with Gasteiger partial charge in [0, 0.05) is 87.0 Å². The van der Waals surface area contributed by atoms with Crippen molar-refractivity contribution in [2.45, 2.75) is 144 Å². The average molecular weight is 1590 g/mol. The van der Waals surface area contributed by atoms with E-state index < -0.39 is 120 Å². The second-order valence-electron chi connectivity index (χ2n) is 27.0. The minimum Gasteiger partial charge on any atom is -0.420 e. The third kappa shape index (κ3) is 35.9. The van der Waals surface area contributed by atoms with Gasteiger partial charge in [0.1, 0.15) is 5.54 Å². The lowest BCUT2D eigenvalue weighted by Gasteiger charge is -2.34. The van der Waals surface area contributed by atoms with Gasteiger partial charge in [-0.2, -0.15) is 8.78 Å². The first-order valence-electron chi connectivity index (χ1n) is 37.0. The molecule has 110 heavy (non-hydrogen) atoms. The zero-order valence-electron chi connectivity index (χ0n) is 62.0. The Kier molecular flexibility index (Phi) is 44.8. The van der Waals surface area contributed by atoms with Gasteiger partial charge in [0.05, 0.1) is 277 Å². The van der Waals surface area contributed by atoms with Gasteiger partial charge in [0.15, 0.2) is 0 Å². The van der Waals surface area contributed by atoms with Crippen LogP contribution in [0, 0.1) is 46.8 Å². The highest BCUT2D eigenvalue weighted by Crippen LogP contribution is 2.31. The SMILES string of the molecule is N/C(=C\N(N)CCOCCOCCOCC(COCCOCCOCCn1cc(CCOC[C@H]2C[C@@H](O)C[C@@H](O)[C@H]2O)nn1)(COCCOCCOCCn1cc(CCOC[C@H]2C[C@@H](O)C[C@@H](O)[C@H]2O)nn1)NC(=O)CCOCCOCCC(=O)Oc1c(F)c(F)c(F)c(F)c1F)CCOC[C@H]1C[C@@H](O)C[C@@H](O)[C@H]1O. The van der Waals surface area contributed by atoms with Gasteiger partial charge < -0.3 is 133 Å². The first-order chi connectivity index (χ1) is 53.0. The van der Waals surface area contributed by atoms with Crippen LogP contribution in [0.2, 0.25) is 0 Å². The summed E-state index contributed by atoms with van der Waals surface area (Å²) in [5, 5.41) is 111. The maximum Gasteiger partial charge on any atom is 0.313 e. The summed E-state index contributed by atoms with van der Waals surface area (Å²) < 4.78 is 157. The summed E-state index contributed by atoms with van der Waals surface area (Å²) >= 11 is 0. The fourth-order valence-electron chi connectivity index (χ4n) is 11.8. The molecule has 3 aromatic rings. The van der Waals surface area contributed by atoms with Crippen LogP contribution in [0.4, 0.5) is 22.0 Å². The Hall–Kier alpha value is -5.53. The third-order valence-corrected chi connectivity index (χ3v) is 17.8. The Bertz CT molecular complexity index is 2930. The molecule has 14 N–H and O–H groups in total. The third-order valence-electron chi connectivity index (χ3n) is 17.8. The number of nitrogens with one attached hydrogen (secondary N) is 1. The molecule has 0 bridgehead atoms. The largest absolute Gasteiger partial charge is 0.420 e. The van der Waals surface area contributed by atoms with Gasteiger partial charge in [0.25, 0.3) is 0 Å². The smallest absolute Gasteiger partial charge is 0.313 e. The molecule has 1 aromatic carbocycles. The summed E-state index contributed by atoms with van der Waals surface area (Å²) in [5.41, 5.74) is 6.59. The fourth-order valence-corrected chi connectivity index (χ4v) is 11.8. The number of esters is 1. The number of amides is 1. The second-order valence-corrected chi connectivity index (χ2v) is 27.0. The molecule has 3 aliphatic carbocycles. The second kappa shape index (κ2) is 52.8. The molecule has 0 radical (unpaired) electrons. The van der Waals surface area contributed by atoms with E-state index in [1.54, 1.807) is 28.0 Å². The Balaban J connectivity index is 0.939. The molecule has 0 aliphatic heterocycles. The number of aliphatic hydroxyl groups is 9. The summed E-state index contributed by atoms with van der Waals surface area (Å²) in [6.45, 7) is 3.90. The zero-order chi connectivity index (χ0) is 79.5. The molecule has 36 nitrogen and oxygen atoms in total. The number of hydrogen-bond donors (Lipinski definition) is 12. The van der Waals surface area contributed by atoms with Crippen LogP contribution >= 0.6 is 0 Å². The predicted molar refractivity (Wildman–Crippen MR) is 371 cm³/mol. The van der Waals surface area contributed by atoms with Crippen LogP contribution < -0.4 is 21.6 Å². The molecule has 41 heteroatoms. The Labute approximate surface area is 634 Å². The fraction of sp³-hybridized carbons (Fsp3) is 0.797. The molecule has 12 atom stereocenters. The molecule has 3 aliphatic rings. The molecular formula is C69H113F5N10O26. The molecule has 2 heterocycles. The van der Waals surface area contributed by atoms with Gasteiger partial charge in [-0.1, -0.05) is 10.4 Å². The standard InChI is InChI=1S/C69H113F5N10O26/c70-60-61(71)63(73)68(64(74)62(60)72)110-59(92)5-13-97-18-17-96-12-4-58(91)77-69(43-107-28-25-101-22-19-98-14-6-82(76)37-49(75)1-9-104-40-46-31-52(85)34-55(88)65(46)93,44-108-29-26-102-23-20-99-15-7-83-38-50(78-80-83)2-10-105-41-47-32-53(86)35-56(89)66(47)94)45-109-30-27-103-24-21-100-16-8-84-39-51(79-81-84)3-11-106-42-48-33-54(87)36-57(90)67(48)95/h37-39,46-48,52-57,65-67,85-90,93-95H,1-36,40-45,75-76H2,(H,77,91)/b49-37-/t46-,47-,48-,52-,53-,54-,55-,56-,57-,65+,66+,67+/m1/s1. The number of aliphatic hydroxyl groups excluding tert-OH is 9. The Morgan fingerprint density at radius 3 is 1.22 bits per heavy atom. The van der Waals surface area contributed by atoms with Crippen molar-refractivity contribution >= 4 is 11.9 Å². The van der Waals surface area contributed by atoms with Crippen LogP contribution in [-0.4, -0.2) is 345 Å². The van der Waals surface area contributed by atoms with Crippen LogP contribution in [-0.2, 0) is 102 Å². The van der Waals surface area contributed by atoms with E-state index in [1.165, 1.54) is 5.01 Å².